The van der Waals surface area contributed by atoms with Gasteiger partial charge in [0.2, 0.25) is 0 Å². The molecule has 1 radical (unpaired) electrons. The van der Waals surface area contributed by atoms with Crippen molar-refractivity contribution >= 4 is 45.7 Å². The third kappa shape index (κ3) is 4.03. The van der Waals surface area contributed by atoms with E-state index in [0.717, 1.165) is 0 Å². The van der Waals surface area contributed by atoms with E-state index in [9.17, 15) is 4.79 Å². The lowest BCUT2D eigenvalue weighted by Gasteiger charge is -2.13. The summed E-state index contributed by atoms with van der Waals surface area (Å²) >= 11 is 16.3. The van der Waals surface area contributed by atoms with E-state index in [1.54, 1.807) is 0 Å². The van der Waals surface area contributed by atoms with Crippen molar-refractivity contribution in [3.63, 3.8) is 0 Å². The molecule has 0 aromatic rings. The van der Waals surface area contributed by atoms with Crippen LogP contribution in [0, 0.1) is 0 Å². The van der Waals surface area contributed by atoms with Crippen LogP contribution in [0.25, 0.3) is 0 Å². The molecule has 0 bridgehead atoms. The quantitative estimate of drug-likeness (QED) is 0.518. The van der Waals surface area contributed by atoms with Gasteiger partial charge < -0.3 is 4.74 Å². The molecular weight excluding hydrogens is 202 g/mol. The van der Waals surface area contributed by atoms with Crippen molar-refractivity contribution in [2.75, 3.05) is 0 Å². The van der Waals surface area contributed by atoms with E-state index in [1.807, 2.05) is 0 Å². The van der Waals surface area contributed by atoms with Gasteiger partial charge in [-0.1, -0.05) is 0 Å². The first-order valence-corrected chi connectivity index (χ1v) is 7.19. The molecule has 9 heavy (non-hydrogen) atoms. The number of carbonyl (C=O) groups excluding carboxylic acids is 1. The minimum Gasteiger partial charge on any atom is -0.454 e. The molecule has 0 aliphatic carbocycles. The summed E-state index contributed by atoms with van der Waals surface area (Å²) in [6.07, 6.45) is 0. The molecule has 0 fully saturated rings. The Morgan fingerprint density at radius 3 is 2.11 bits per heavy atom. The summed E-state index contributed by atoms with van der Waals surface area (Å²) in [7, 11) is 0. The van der Waals surface area contributed by atoms with Crippen molar-refractivity contribution in [2.45, 2.75) is 12.7 Å². The molecule has 0 heterocycles. The third-order valence-corrected chi connectivity index (χ3v) is 4.49. The Morgan fingerprint density at radius 2 is 2.00 bits per heavy atom. The normalized spacial score (nSPS) is 14.7. The van der Waals surface area contributed by atoms with Crippen LogP contribution in [0.1, 0.15) is 6.92 Å². The fourth-order valence-corrected chi connectivity index (χ4v) is 0.722. The highest BCUT2D eigenvalue weighted by molar-refractivity contribution is 7.65. The zero-order valence-electron chi connectivity index (χ0n) is 4.53. The highest BCUT2D eigenvalue weighted by Gasteiger charge is 2.35. The Hall–Kier alpha value is 0.557. The summed E-state index contributed by atoms with van der Waals surface area (Å²) in [5.41, 5.74) is -0.625. The van der Waals surface area contributed by atoms with Crippen LogP contribution in [0.5, 0.6) is 0 Å². The second-order valence-corrected chi connectivity index (χ2v) is 10.4. The molecule has 1 unspecified atom stereocenters. The Balaban J connectivity index is 3.72. The summed E-state index contributed by atoms with van der Waals surface area (Å²) in [6, 6.07) is -2.85. The average Bonchev–Trinajstić information content (AvgIpc) is 1.64. The van der Waals surface area contributed by atoms with Crippen molar-refractivity contribution in [1.82, 2.24) is 0 Å². The van der Waals surface area contributed by atoms with Crippen molar-refractivity contribution in [2.24, 2.45) is 0 Å². The van der Waals surface area contributed by atoms with Crippen LogP contribution in [0.3, 0.4) is 0 Å². The lowest BCUT2D eigenvalue weighted by molar-refractivity contribution is 0.259. The third-order valence-electron chi connectivity index (χ3n) is 0.686. The van der Waals surface area contributed by atoms with Gasteiger partial charge in [0.25, 0.3) is 0 Å². The second-order valence-electron chi connectivity index (χ2n) is 1.39. The maximum atomic E-state index is 9.56. The number of rotatable bonds is 3. The van der Waals surface area contributed by atoms with Gasteiger partial charge in [-0.05, 0) is 6.92 Å². The Bertz CT molecular complexity index is 102. The van der Waals surface area contributed by atoms with Crippen LogP contribution in [-0.2, 0) is 9.53 Å². The summed E-state index contributed by atoms with van der Waals surface area (Å²) < 4.78 is 4.27. The van der Waals surface area contributed by atoms with Crippen LogP contribution >= 0.6 is 33.2 Å². The van der Waals surface area contributed by atoms with E-state index in [4.69, 9.17) is 33.2 Å². The molecule has 0 aliphatic heterocycles. The van der Waals surface area contributed by atoms with E-state index >= 15 is 0 Å². The predicted molar refractivity (Wildman–Crippen MR) is 39.6 cm³/mol. The lowest BCUT2D eigenvalue weighted by Crippen LogP contribution is -2.30. The fourth-order valence-electron chi connectivity index (χ4n) is 0.139. The van der Waals surface area contributed by atoms with Crippen LogP contribution in [0.15, 0.2) is 0 Å². The van der Waals surface area contributed by atoms with Crippen molar-refractivity contribution in [3.8, 4) is 0 Å². The molecule has 0 aromatic carbocycles. The zero-order chi connectivity index (χ0) is 7.49. The molecule has 53 valence electrons. The maximum Gasteiger partial charge on any atom is 0.417 e. The lowest BCUT2D eigenvalue weighted by atomic mass is 10.9. The van der Waals surface area contributed by atoms with Crippen LogP contribution < -0.4 is 0 Å². The molecule has 0 saturated heterocycles. The molecule has 0 aliphatic rings. The van der Waals surface area contributed by atoms with Crippen LogP contribution in [-0.4, -0.2) is 18.2 Å². The SMILES string of the molecule is CC(O[C]=O)[Si](Cl)(Cl)Cl. The topological polar surface area (TPSA) is 26.3 Å². The molecule has 0 aromatic heterocycles. The first kappa shape index (κ1) is 9.56. The number of hydrogen-bond donors (Lipinski definition) is 0. The first-order valence-electron chi connectivity index (χ1n) is 2.08. The van der Waals surface area contributed by atoms with Gasteiger partial charge in [-0.3, -0.25) is 0 Å². The van der Waals surface area contributed by atoms with Gasteiger partial charge in [0.1, 0.15) is 5.73 Å². The van der Waals surface area contributed by atoms with Crippen LogP contribution in [0.4, 0.5) is 0 Å². The number of hydrogen-bond acceptors (Lipinski definition) is 2. The van der Waals surface area contributed by atoms with Crippen LogP contribution in [0.2, 0.25) is 0 Å². The molecule has 0 rings (SSSR count). The largest absolute Gasteiger partial charge is 0.454 e. The molecule has 0 N–H and O–H groups in total. The monoisotopic (exact) mass is 205 g/mol. The highest BCUT2D eigenvalue weighted by Crippen LogP contribution is 2.25. The Morgan fingerprint density at radius 1 is 1.56 bits per heavy atom. The molecule has 0 spiro atoms. The molecule has 0 saturated carbocycles. The molecule has 0 amide bonds. The number of ether oxygens (including phenoxy) is 1. The second kappa shape index (κ2) is 3.66. The van der Waals surface area contributed by atoms with Gasteiger partial charge in [-0.15, -0.1) is 33.2 Å². The summed E-state index contributed by atoms with van der Waals surface area (Å²) in [4.78, 5) is 9.56. The van der Waals surface area contributed by atoms with Gasteiger partial charge in [-0.2, -0.15) is 0 Å². The van der Waals surface area contributed by atoms with Gasteiger partial charge in [-0.25, -0.2) is 4.79 Å². The van der Waals surface area contributed by atoms with E-state index in [0.29, 0.717) is 0 Å². The summed E-state index contributed by atoms with van der Waals surface area (Å²) in [6.45, 7) is 2.72. The van der Waals surface area contributed by atoms with E-state index < -0.39 is 11.7 Å². The first-order chi connectivity index (χ1) is 3.98. The van der Waals surface area contributed by atoms with Gasteiger partial charge >= 0.3 is 12.5 Å². The molecule has 1 atom stereocenters. The molecule has 2 nitrogen and oxygen atoms in total. The van der Waals surface area contributed by atoms with Gasteiger partial charge in [0.05, 0.1) is 0 Å². The van der Waals surface area contributed by atoms with Gasteiger partial charge in [0.15, 0.2) is 0 Å². The van der Waals surface area contributed by atoms with Crippen molar-refractivity contribution in [1.29, 1.82) is 0 Å². The highest BCUT2D eigenvalue weighted by atomic mass is 35.8. The van der Waals surface area contributed by atoms with Crippen molar-refractivity contribution in [3.05, 3.63) is 0 Å². The van der Waals surface area contributed by atoms with Crippen molar-refractivity contribution < 1.29 is 9.53 Å². The maximum absolute atomic E-state index is 9.56. The standard InChI is InChI=1S/C3H4Cl3O2Si/c1-3(8-2-7)9(4,5)6/h3H,1H3. The summed E-state index contributed by atoms with van der Waals surface area (Å²) in [5.74, 6) is 0. The molecule has 6 heteroatoms. The smallest absolute Gasteiger partial charge is 0.417 e. The number of halogens is 3. The summed E-state index contributed by atoms with van der Waals surface area (Å²) in [5, 5.41) is 0. The van der Waals surface area contributed by atoms with E-state index in [-0.39, 0.29) is 0 Å². The minimum atomic E-state index is -2.85. The van der Waals surface area contributed by atoms with Gasteiger partial charge in [0, 0.05) is 0 Å². The zero-order valence-corrected chi connectivity index (χ0v) is 7.80. The minimum absolute atomic E-state index is 0.625. The average molecular weight is 207 g/mol. The van der Waals surface area contributed by atoms with E-state index in [2.05, 4.69) is 4.74 Å². The Kier molecular flexibility index (Phi) is 3.89. The predicted octanol–water partition coefficient (Wildman–Crippen LogP) is 1.65. The van der Waals surface area contributed by atoms with E-state index in [1.165, 1.54) is 13.4 Å². The Labute approximate surface area is 68.2 Å². The fraction of sp³-hybridized carbons (Fsp3) is 0.667. The molecular formula is C3H4Cl3O2Si.